The Bertz CT molecular complexity index is 886. The molecule has 2 N–H and O–H groups in total. The Morgan fingerprint density at radius 1 is 1.22 bits per heavy atom. The second-order valence-corrected chi connectivity index (χ2v) is 5.99. The molecule has 0 aliphatic carbocycles. The van der Waals surface area contributed by atoms with Crippen molar-refractivity contribution < 1.29 is 19.0 Å². The zero-order valence-electron chi connectivity index (χ0n) is 15.0. The Balaban J connectivity index is 2.07. The van der Waals surface area contributed by atoms with Crippen LogP contribution in [0.3, 0.4) is 0 Å². The van der Waals surface area contributed by atoms with E-state index in [0.29, 0.717) is 23.7 Å². The van der Waals surface area contributed by atoms with Crippen LogP contribution >= 0.6 is 11.6 Å². The molecular weight excluding hydrogens is 368 g/mol. The van der Waals surface area contributed by atoms with E-state index in [1.165, 1.54) is 13.2 Å². The highest BCUT2D eigenvalue weighted by atomic mass is 35.5. The first-order valence-electron chi connectivity index (χ1n) is 8.06. The second-order valence-electron chi connectivity index (χ2n) is 5.58. The minimum Gasteiger partial charge on any atom is -0.493 e. The highest BCUT2D eigenvalue weighted by molar-refractivity contribution is 6.32. The fraction of sp³-hybridized carbons (Fsp3) is 0.200. The molecule has 0 saturated heterocycles. The van der Waals surface area contributed by atoms with Crippen molar-refractivity contribution in [3.8, 4) is 23.3 Å². The van der Waals surface area contributed by atoms with Gasteiger partial charge in [-0.3, -0.25) is 4.79 Å². The number of hydrogen-bond donors (Lipinski definition) is 1. The molecule has 6 nitrogen and oxygen atoms in total. The Kier molecular flexibility index (Phi) is 7.09. The number of primary amides is 1. The molecule has 0 atom stereocenters. The number of aryl methyl sites for hydroxylation is 1. The number of ether oxygens (including phenoxy) is 3. The normalized spacial score (nSPS) is 10.8. The summed E-state index contributed by atoms with van der Waals surface area (Å²) in [5.41, 5.74) is 6.60. The van der Waals surface area contributed by atoms with E-state index in [9.17, 15) is 4.79 Å². The molecule has 0 bridgehead atoms. The molecule has 0 unspecified atom stereocenters. The number of carbonyl (C=O) groups excluding carboxylic acids is 1. The van der Waals surface area contributed by atoms with E-state index < -0.39 is 5.91 Å². The maximum atomic E-state index is 11.2. The van der Waals surface area contributed by atoms with Gasteiger partial charge >= 0.3 is 0 Å². The van der Waals surface area contributed by atoms with Crippen molar-refractivity contribution in [1.29, 1.82) is 5.26 Å². The van der Waals surface area contributed by atoms with Crippen molar-refractivity contribution in [2.75, 3.05) is 20.3 Å². The summed E-state index contributed by atoms with van der Waals surface area (Å²) >= 11 is 6.26. The zero-order chi connectivity index (χ0) is 19.8. The number of nitrogens with two attached hydrogens (primary N) is 1. The Morgan fingerprint density at radius 2 is 1.89 bits per heavy atom. The topological polar surface area (TPSA) is 94.6 Å². The summed E-state index contributed by atoms with van der Waals surface area (Å²) in [7, 11) is 1.47. The summed E-state index contributed by atoms with van der Waals surface area (Å²) in [4.78, 5) is 11.2. The number of nitriles is 1. The van der Waals surface area contributed by atoms with Crippen LogP contribution in [0.1, 0.15) is 11.1 Å². The maximum Gasteiger partial charge on any atom is 0.259 e. The summed E-state index contributed by atoms with van der Waals surface area (Å²) in [6, 6.07) is 12.6. The van der Waals surface area contributed by atoms with Crippen LogP contribution in [0.5, 0.6) is 17.2 Å². The number of methoxy groups -OCH3 is 1. The van der Waals surface area contributed by atoms with Crippen molar-refractivity contribution in [2.45, 2.75) is 6.92 Å². The molecule has 2 aromatic rings. The number of hydrogen-bond acceptors (Lipinski definition) is 5. The van der Waals surface area contributed by atoms with Gasteiger partial charge in [0.15, 0.2) is 11.5 Å². The molecule has 0 aliphatic heterocycles. The monoisotopic (exact) mass is 386 g/mol. The largest absolute Gasteiger partial charge is 0.493 e. The van der Waals surface area contributed by atoms with Crippen molar-refractivity contribution in [1.82, 2.24) is 0 Å². The van der Waals surface area contributed by atoms with Gasteiger partial charge < -0.3 is 19.9 Å². The number of nitrogens with zero attached hydrogens (tertiary/aromatic N) is 1. The zero-order valence-corrected chi connectivity index (χ0v) is 15.7. The molecular formula is C20H19ClN2O4. The fourth-order valence-corrected chi connectivity index (χ4v) is 2.50. The van der Waals surface area contributed by atoms with Gasteiger partial charge in [0.25, 0.3) is 5.91 Å². The van der Waals surface area contributed by atoms with Crippen LogP contribution < -0.4 is 19.9 Å². The van der Waals surface area contributed by atoms with Crippen molar-refractivity contribution in [2.24, 2.45) is 5.73 Å². The van der Waals surface area contributed by atoms with Crippen LogP contribution in [-0.4, -0.2) is 26.2 Å². The van der Waals surface area contributed by atoms with Crippen LogP contribution in [0.4, 0.5) is 0 Å². The first kappa shape index (κ1) is 20.1. The van der Waals surface area contributed by atoms with E-state index in [1.54, 1.807) is 18.2 Å². The summed E-state index contributed by atoms with van der Waals surface area (Å²) in [6.45, 7) is 2.58. The van der Waals surface area contributed by atoms with E-state index in [2.05, 4.69) is 0 Å². The number of carbonyl (C=O) groups is 1. The van der Waals surface area contributed by atoms with Gasteiger partial charge in [0.05, 0.1) is 12.1 Å². The molecule has 0 radical (unpaired) electrons. The summed E-state index contributed by atoms with van der Waals surface area (Å²) in [6.07, 6.45) is 1.33. The van der Waals surface area contributed by atoms with E-state index in [0.717, 1.165) is 11.3 Å². The summed E-state index contributed by atoms with van der Waals surface area (Å²) in [5, 5.41) is 9.21. The maximum absolute atomic E-state index is 11.2. The number of benzene rings is 2. The van der Waals surface area contributed by atoms with Gasteiger partial charge in [-0.1, -0.05) is 29.3 Å². The molecule has 0 aromatic heterocycles. The third-order valence-corrected chi connectivity index (χ3v) is 3.85. The third kappa shape index (κ3) is 5.66. The molecule has 0 spiro atoms. The predicted molar refractivity (Wildman–Crippen MR) is 103 cm³/mol. The molecule has 0 fully saturated rings. The molecule has 0 aliphatic rings. The van der Waals surface area contributed by atoms with Gasteiger partial charge in [-0.05, 0) is 42.8 Å². The Labute approximate surface area is 162 Å². The number of rotatable bonds is 8. The van der Waals surface area contributed by atoms with Crippen molar-refractivity contribution >= 4 is 23.6 Å². The van der Waals surface area contributed by atoms with Crippen LogP contribution in [0.15, 0.2) is 42.0 Å². The van der Waals surface area contributed by atoms with Crippen LogP contribution in [-0.2, 0) is 4.79 Å². The van der Waals surface area contributed by atoms with E-state index in [4.69, 9.17) is 36.8 Å². The minimum absolute atomic E-state index is 0.187. The first-order valence-corrected chi connectivity index (χ1v) is 8.43. The van der Waals surface area contributed by atoms with Crippen molar-refractivity contribution in [3.05, 3.63) is 58.1 Å². The predicted octanol–water partition coefficient (Wildman–Crippen LogP) is 3.51. The average molecular weight is 387 g/mol. The minimum atomic E-state index is -0.818. The smallest absolute Gasteiger partial charge is 0.259 e. The highest BCUT2D eigenvalue weighted by Gasteiger charge is 2.13. The summed E-state index contributed by atoms with van der Waals surface area (Å²) < 4.78 is 16.6. The van der Waals surface area contributed by atoms with Crippen LogP contribution in [0, 0.1) is 18.3 Å². The molecule has 1 amide bonds. The average Bonchev–Trinajstić information content (AvgIpc) is 2.65. The first-order chi connectivity index (χ1) is 12.9. The lowest BCUT2D eigenvalue weighted by atomic mass is 10.1. The Hall–Kier alpha value is -3.17. The lowest BCUT2D eigenvalue weighted by Crippen LogP contribution is -2.12. The second kappa shape index (κ2) is 9.51. The van der Waals surface area contributed by atoms with Gasteiger partial charge in [0, 0.05) is 0 Å². The Morgan fingerprint density at radius 3 is 2.48 bits per heavy atom. The molecule has 7 heteroatoms. The third-order valence-electron chi connectivity index (χ3n) is 3.57. The van der Waals surface area contributed by atoms with E-state index in [-0.39, 0.29) is 17.2 Å². The van der Waals surface area contributed by atoms with Gasteiger partial charge in [0.1, 0.15) is 30.6 Å². The molecule has 0 saturated carbocycles. The molecule has 140 valence electrons. The number of halogens is 1. The van der Waals surface area contributed by atoms with Gasteiger partial charge in [-0.15, -0.1) is 0 Å². The fourth-order valence-electron chi connectivity index (χ4n) is 2.23. The SMILES string of the molecule is COc1cc(C=C(C#N)C(N)=O)cc(Cl)c1OCCOc1ccc(C)cc1. The van der Waals surface area contributed by atoms with Gasteiger partial charge in [0.2, 0.25) is 0 Å². The van der Waals surface area contributed by atoms with Gasteiger partial charge in [-0.2, -0.15) is 5.26 Å². The number of amides is 1. The lowest BCUT2D eigenvalue weighted by molar-refractivity contribution is -0.114. The van der Waals surface area contributed by atoms with Gasteiger partial charge in [-0.25, -0.2) is 0 Å². The molecule has 0 heterocycles. The van der Waals surface area contributed by atoms with E-state index >= 15 is 0 Å². The quantitative estimate of drug-likeness (QED) is 0.425. The standard InChI is InChI=1S/C20H19ClN2O4/c1-13-3-5-16(6-4-13)26-7-8-27-19-17(21)10-14(11-18(19)25-2)9-15(12-22)20(23)24/h3-6,9-11H,7-8H2,1-2H3,(H2,23,24). The van der Waals surface area contributed by atoms with Crippen LogP contribution in [0.25, 0.3) is 6.08 Å². The van der Waals surface area contributed by atoms with Crippen molar-refractivity contribution in [3.63, 3.8) is 0 Å². The molecule has 2 aromatic carbocycles. The van der Waals surface area contributed by atoms with Crippen LogP contribution in [0.2, 0.25) is 5.02 Å². The summed E-state index contributed by atoms with van der Waals surface area (Å²) in [5.74, 6) is 0.645. The highest BCUT2D eigenvalue weighted by Crippen LogP contribution is 2.37. The van der Waals surface area contributed by atoms with E-state index in [1.807, 2.05) is 31.2 Å². The lowest BCUT2D eigenvalue weighted by Gasteiger charge is -2.14. The molecule has 27 heavy (non-hydrogen) atoms. The molecule has 2 rings (SSSR count).